The first-order valence-electron chi connectivity index (χ1n) is 6.10. The van der Waals surface area contributed by atoms with Crippen LogP contribution < -0.4 is 10.6 Å². The monoisotopic (exact) mass is 253 g/mol. The molecule has 0 spiro atoms. The number of nitrogens with one attached hydrogen (secondary N) is 2. The van der Waals surface area contributed by atoms with Crippen molar-refractivity contribution >= 4 is 17.3 Å². The molecule has 1 atom stereocenters. The lowest BCUT2D eigenvalue weighted by Gasteiger charge is -2.16. The fourth-order valence-electron chi connectivity index (χ4n) is 1.44. The van der Waals surface area contributed by atoms with Crippen molar-refractivity contribution in [3.8, 4) is 0 Å². The maximum absolute atomic E-state index is 4.21. The van der Waals surface area contributed by atoms with Crippen LogP contribution in [0.15, 0.2) is 21.8 Å². The molecule has 0 bridgehead atoms. The molecule has 0 fully saturated rings. The second-order valence-corrected chi connectivity index (χ2v) is 5.47. The zero-order valence-electron chi connectivity index (χ0n) is 11.2. The Kier molecular flexibility index (Phi) is 6.05. The molecule has 1 unspecified atom stereocenters. The normalized spacial score (nSPS) is 13.8. The molecule has 1 aromatic rings. The average molecular weight is 253 g/mol. The van der Waals surface area contributed by atoms with E-state index in [2.05, 4.69) is 53.2 Å². The third-order valence-corrected chi connectivity index (χ3v) is 3.29. The van der Waals surface area contributed by atoms with E-state index in [4.69, 9.17) is 0 Å². The van der Waals surface area contributed by atoms with E-state index in [9.17, 15) is 0 Å². The summed E-state index contributed by atoms with van der Waals surface area (Å²) in [4.78, 5) is 4.21. The first kappa shape index (κ1) is 14.0. The third-order valence-electron chi connectivity index (χ3n) is 2.59. The largest absolute Gasteiger partial charge is 0.356 e. The Morgan fingerprint density at radius 2 is 2.00 bits per heavy atom. The second-order valence-electron chi connectivity index (χ2n) is 4.69. The van der Waals surface area contributed by atoms with Crippen LogP contribution in [0, 0.1) is 5.92 Å². The second kappa shape index (κ2) is 7.33. The molecule has 1 heterocycles. The van der Waals surface area contributed by atoms with Crippen LogP contribution in [0.3, 0.4) is 0 Å². The molecule has 0 radical (unpaired) electrons. The Hall–Kier alpha value is -1.03. The van der Waals surface area contributed by atoms with Crippen LogP contribution in [-0.4, -0.2) is 26.1 Å². The Morgan fingerprint density at radius 1 is 1.29 bits per heavy atom. The molecule has 0 saturated heterocycles. The predicted octanol–water partition coefficient (Wildman–Crippen LogP) is 2.67. The summed E-state index contributed by atoms with van der Waals surface area (Å²) in [6.07, 6.45) is 0. The smallest absolute Gasteiger partial charge is 0.191 e. The van der Waals surface area contributed by atoms with Gasteiger partial charge >= 0.3 is 0 Å². The van der Waals surface area contributed by atoms with E-state index >= 15 is 0 Å². The lowest BCUT2D eigenvalue weighted by molar-refractivity contribution is 0.609. The van der Waals surface area contributed by atoms with Crippen LogP contribution in [0.5, 0.6) is 0 Å². The summed E-state index contributed by atoms with van der Waals surface area (Å²) in [7, 11) is 1.81. The molecule has 0 aliphatic heterocycles. The molecule has 1 aromatic heterocycles. The molecule has 0 aromatic carbocycles. The van der Waals surface area contributed by atoms with Crippen molar-refractivity contribution in [3.05, 3.63) is 22.4 Å². The van der Waals surface area contributed by atoms with Gasteiger partial charge in [-0.25, -0.2) is 0 Å². The number of rotatable bonds is 5. The van der Waals surface area contributed by atoms with Crippen LogP contribution >= 0.6 is 11.3 Å². The highest BCUT2D eigenvalue weighted by atomic mass is 32.1. The van der Waals surface area contributed by atoms with Crippen molar-refractivity contribution in [1.82, 2.24) is 10.6 Å². The maximum atomic E-state index is 4.21. The molecule has 96 valence electrons. The van der Waals surface area contributed by atoms with E-state index in [0.717, 1.165) is 19.0 Å². The Balaban J connectivity index is 2.33. The summed E-state index contributed by atoms with van der Waals surface area (Å²) < 4.78 is 0. The standard InChI is InChI=1S/C13H23N3S/c1-10(2)7-15-13(14-4)16-8-11(3)12-5-6-17-9-12/h5-6,9-11H,7-8H2,1-4H3,(H2,14,15,16). The van der Waals surface area contributed by atoms with E-state index in [1.54, 1.807) is 11.3 Å². The molecule has 0 aliphatic rings. The zero-order valence-corrected chi connectivity index (χ0v) is 12.0. The van der Waals surface area contributed by atoms with Gasteiger partial charge < -0.3 is 10.6 Å². The molecule has 0 amide bonds. The van der Waals surface area contributed by atoms with Gasteiger partial charge in [0.25, 0.3) is 0 Å². The van der Waals surface area contributed by atoms with Crippen molar-refractivity contribution in [2.45, 2.75) is 26.7 Å². The minimum atomic E-state index is 0.513. The van der Waals surface area contributed by atoms with Gasteiger partial charge in [-0.05, 0) is 34.2 Å². The van der Waals surface area contributed by atoms with Crippen LogP contribution in [0.4, 0.5) is 0 Å². The predicted molar refractivity (Wildman–Crippen MR) is 76.9 cm³/mol. The van der Waals surface area contributed by atoms with Gasteiger partial charge in [0.15, 0.2) is 5.96 Å². The lowest BCUT2D eigenvalue weighted by atomic mass is 10.1. The van der Waals surface area contributed by atoms with Gasteiger partial charge in [0.1, 0.15) is 0 Å². The molecule has 0 saturated carbocycles. The zero-order chi connectivity index (χ0) is 12.7. The van der Waals surface area contributed by atoms with Crippen molar-refractivity contribution in [1.29, 1.82) is 0 Å². The summed E-state index contributed by atoms with van der Waals surface area (Å²) in [5.74, 6) is 2.03. The average Bonchev–Trinajstić information content (AvgIpc) is 2.82. The van der Waals surface area contributed by atoms with E-state index in [1.807, 2.05) is 7.05 Å². The lowest BCUT2D eigenvalue weighted by Crippen LogP contribution is -2.40. The van der Waals surface area contributed by atoms with E-state index < -0.39 is 0 Å². The molecular formula is C13H23N3S. The number of aliphatic imine (C=N–C) groups is 1. The molecule has 1 rings (SSSR count). The van der Waals surface area contributed by atoms with Crippen LogP contribution in [0.1, 0.15) is 32.3 Å². The van der Waals surface area contributed by atoms with Gasteiger partial charge in [-0.3, -0.25) is 4.99 Å². The number of thiophene rings is 1. The van der Waals surface area contributed by atoms with E-state index in [1.165, 1.54) is 5.56 Å². The number of nitrogens with zero attached hydrogens (tertiary/aromatic N) is 1. The molecule has 0 aliphatic carbocycles. The molecule has 17 heavy (non-hydrogen) atoms. The fourth-order valence-corrected chi connectivity index (χ4v) is 2.23. The summed E-state index contributed by atoms with van der Waals surface area (Å²) in [6.45, 7) is 8.47. The van der Waals surface area contributed by atoms with Crippen LogP contribution in [-0.2, 0) is 0 Å². The van der Waals surface area contributed by atoms with Crippen molar-refractivity contribution in [2.75, 3.05) is 20.1 Å². The van der Waals surface area contributed by atoms with E-state index in [0.29, 0.717) is 11.8 Å². The third kappa shape index (κ3) is 5.22. The summed E-state index contributed by atoms with van der Waals surface area (Å²) in [5, 5.41) is 11.0. The minimum absolute atomic E-state index is 0.513. The Bertz CT molecular complexity index is 330. The van der Waals surface area contributed by atoms with Gasteiger partial charge in [-0.1, -0.05) is 20.8 Å². The topological polar surface area (TPSA) is 36.4 Å². The molecule has 4 heteroatoms. The van der Waals surface area contributed by atoms with Crippen molar-refractivity contribution in [3.63, 3.8) is 0 Å². The fraction of sp³-hybridized carbons (Fsp3) is 0.615. The summed E-state index contributed by atoms with van der Waals surface area (Å²) in [6, 6.07) is 2.18. The Labute approximate surface area is 108 Å². The molecular weight excluding hydrogens is 230 g/mol. The Morgan fingerprint density at radius 3 is 2.53 bits per heavy atom. The number of hydrogen-bond donors (Lipinski definition) is 2. The molecule has 3 nitrogen and oxygen atoms in total. The van der Waals surface area contributed by atoms with Crippen molar-refractivity contribution < 1.29 is 0 Å². The van der Waals surface area contributed by atoms with E-state index in [-0.39, 0.29) is 0 Å². The van der Waals surface area contributed by atoms with Gasteiger partial charge in [-0.2, -0.15) is 11.3 Å². The van der Waals surface area contributed by atoms with Gasteiger partial charge in [0, 0.05) is 20.1 Å². The molecule has 2 N–H and O–H groups in total. The quantitative estimate of drug-likeness (QED) is 0.625. The van der Waals surface area contributed by atoms with Gasteiger partial charge in [-0.15, -0.1) is 0 Å². The first-order valence-corrected chi connectivity index (χ1v) is 7.04. The first-order chi connectivity index (χ1) is 8.13. The van der Waals surface area contributed by atoms with Crippen LogP contribution in [0.25, 0.3) is 0 Å². The highest BCUT2D eigenvalue weighted by Crippen LogP contribution is 2.16. The van der Waals surface area contributed by atoms with Crippen LogP contribution in [0.2, 0.25) is 0 Å². The number of hydrogen-bond acceptors (Lipinski definition) is 2. The van der Waals surface area contributed by atoms with Gasteiger partial charge in [0.2, 0.25) is 0 Å². The van der Waals surface area contributed by atoms with Gasteiger partial charge in [0.05, 0.1) is 0 Å². The summed E-state index contributed by atoms with van der Waals surface area (Å²) in [5.41, 5.74) is 1.39. The van der Waals surface area contributed by atoms with Crippen molar-refractivity contribution in [2.24, 2.45) is 10.9 Å². The number of guanidine groups is 1. The maximum Gasteiger partial charge on any atom is 0.191 e. The highest BCUT2D eigenvalue weighted by molar-refractivity contribution is 7.07. The SMILES string of the molecule is CN=C(NCC(C)C)NCC(C)c1ccsc1. The highest BCUT2D eigenvalue weighted by Gasteiger charge is 2.06. The summed E-state index contributed by atoms with van der Waals surface area (Å²) >= 11 is 1.75. The minimum Gasteiger partial charge on any atom is -0.356 e.